The molecule has 2 aromatic rings. The number of amides is 3. The lowest BCUT2D eigenvalue weighted by Crippen LogP contribution is -2.55. The number of carbonyl (C=O) groups excluding carboxylic acids is 2. The molecule has 2 heterocycles. The molecule has 1 aromatic heterocycles. The van der Waals surface area contributed by atoms with Crippen molar-refractivity contribution in [2.45, 2.75) is 6.92 Å². The molecule has 0 atom stereocenters. The van der Waals surface area contributed by atoms with Gasteiger partial charge >= 0.3 is 6.03 Å². The molecule has 0 radical (unpaired) electrons. The minimum Gasteiger partial charge on any atom is -0.337 e. The van der Waals surface area contributed by atoms with Gasteiger partial charge in [-0.15, -0.1) is 0 Å². The van der Waals surface area contributed by atoms with Crippen molar-refractivity contribution in [1.29, 1.82) is 0 Å². The molecule has 1 aliphatic heterocycles. The van der Waals surface area contributed by atoms with Crippen LogP contribution in [0.25, 0.3) is 0 Å². The Labute approximate surface area is 145 Å². The third-order valence-electron chi connectivity index (χ3n) is 4.00. The van der Waals surface area contributed by atoms with E-state index in [9.17, 15) is 9.59 Å². The summed E-state index contributed by atoms with van der Waals surface area (Å²) in [6.45, 7) is 4.30. The zero-order chi connectivity index (χ0) is 17.6. The summed E-state index contributed by atoms with van der Waals surface area (Å²) in [4.78, 5) is 36.3. The van der Waals surface area contributed by atoms with Gasteiger partial charge in [0.2, 0.25) is 5.95 Å². The quantitative estimate of drug-likeness (QED) is 0.795. The fourth-order valence-electron chi connectivity index (χ4n) is 2.53. The molecule has 130 valence electrons. The highest BCUT2D eigenvalue weighted by atomic mass is 16.2. The van der Waals surface area contributed by atoms with Gasteiger partial charge in [-0.1, -0.05) is 17.7 Å². The van der Waals surface area contributed by atoms with E-state index in [1.807, 2.05) is 24.0 Å². The molecule has 8 nitrogen and oxygen atoms in total. The van der Waals surface area contributed by atoms with Crippen LogP contribution in [0.4, 0.5) is 10.7 Å². The first-order valence-corrected chi connectivity index (χ1v) is 8.07. The molecule has 2 N–H and O–H groups in total. The van der Waals surface area contributed by atoms with E-state index in [4.69, 9.17) is 0 Å². The highest BCUT2D eigenvalue weighted by Crippen LogP contribution is 2.09. The number of nitrogens with one attached hydrogen (secondary N) is 2. The van der Waals surface area contributed by atoms with Gasteiger partial charge in [0.05, 0.1) is 0 Å². The van der Waals surface area contributed by atoms with Crippen molar-refractivity contribution in [3.05, 3.63) is 53.9 Å². The maximum absolute atomic E-state index is 12.2. The molecule has 25 heavy (non-hydrogen) atoms. The number of hydrogen-bond acceptors (Lipinski definition) is 5. The summed E-state index contributed by atoms with van der Waals surface area (Å²) in [5.41, 5.74) is 6.46. The minimum absolute atomic E-state index is 0.325. The van der Waals surface area contributed by atoms with Gasteiger partial charge in [0, 0.05) is 44.1 Å². The normalized spacial score (nSPS) is 14.1. The molecule has 1 aromatic carbocycles. The first-order chi connectivity index (χ1) is 12.1. The van der Waals surface area contributed by atoms with Crippen molar-refractivity contribution in [2.24, 2.45) is 0 Å². The van der Waals surface area contributed by atoms with Crippen molar-refractivity contribution in [3.8, 4) is 0 Å². The number of nitrogens with zero attached hydrogens (tertiary/aromatic N) is 4. The summed E-state index contributed by atoms with van der Waals surface area (Å²) in [6.07, 6.45) is 3.39. The summed E-state index contributed by atoms with van der Waals surface area (Å²) in [6, 6.07) is 8.58. The van der Waals surface area contributed by atoms with Crippen LogP contribution < -0.4 is 15.8 Å². The molecular formula is C17H20N6O2. The topological polar surface area (TPSA) is 90.5 Å². The Morgan fingerprint density at radius 3 is 2.24 bits per heavy atom. The Morgan fingerprint density at radius 1 is 0.960 bits per heavy atom. The van der Waals surface area contributed by atoms with Gasteiger partial charge in [0.1, 0.15) is 0 Å². The fourth-order valence-corrected chi connectivity index (χ4v) is 2.53. The van der Waals surface area contributed by atoms with Crippen LogP contribution in [0, 0.1) is 6.92 Å². The summed E-state index contributed by atoms with van der Waals surface area (Å²) >= 11 is 0. The molecule has 3 rings (SSSR count). The molecule has 0 bridgehead atoms. The highest BCUT2D eigenvalue weighted by molar-refractivity contribution is 5.95. The predicted molar refractivity (Wildman–Crippen MR) is 93.0 cm³/mol. The van der Waals surface area contributed by atoms with Crippen molar-refractivity contribution < 1.29 is 9.59 Å². The molecule has 8 heteroatoms. The predicted octanol–water partition coefficient (Wildman–Crippen LogP) is 0.962. The monoisotopic (exact) mass is 340 g/mol. The average molecular weight is 340 g/mol. The average Bonchev–Trinajstić information content (AvgIpc) is 2.67. The number of hydrazine groups is 1. The van der Waals surface area contributed by atoms with Gasteiger partial charge in [-0.05, 0) is 25.1 Å². The van der Waals surface area contributed by atoms with Crippen molar-refractivity contribution in [3.63, 3.8) is 0 Å². The summed E-state index contributed by atoms with van der Waals surface area (Å²) in [7, 11) is 0. The van der Waals surface area contributed by atoms with Crippen LogP contribution in [0.5, 0.6) is 0 Å². The second-order valence-electron chi connectivity index (χ2n) is 5.77. The van der Waals surface area contributed by atoms with E-state index in [-0.39, 0.29) is 11.9 Å². The zero-order valence-electron chi connectivity index (χ0n) is 14.0. The molecule has 1 fully saturated rings. The third kappa shape index (κ3) is 4.23. The molecule has 0 spiro atoms. The number of rotatable bonds is 2. The Balaban J connectivity index is 1.46. The van der Waals surface area contributed by atoms with E-state index in [1.54, 1.807) is 35.5 Å². The lowest BCUT2D eigenvalue weighted by molar-refractivity contribution is 0.0929. The van der Waals surface area contributed by atoms with Crippen molar-refractivity contribution >= 4 is 17.9 Å². The van der Waals surface area contributed by atoms with Gasteiger partial charge in [-0.3, -0.25) is 10.2 Å². The summed E-state index contributed by atoms with van der Waals surface area (Å²) < 4.78 is 0. The van der Waals surface area contributed by atoms with Crippen molar-refractivity contribution in [1.82, 2.24) is 25.7 Å². The van der Waals surface area contributed by atoms with E-state index < -0.39 is 0 Å². The van der Waals surface area contributed by atoms with Crippen LogP contribution in [0.2, 0.25) is 0 Å². The smallest absolute Gasteiger partial charge is 0.336 e. The molecule has 1 aliphatic rings. The lowest BCUT2D eigenvalue weighted by atomic mass is 10.1. The Hall–Kier alpha value is -3.16. The SMILES string of the molecule is Cc1ccc(C(=O)NNC(=O)N2CCN(c3ncccn3)CC2)cc1. The number of urea groups is 1. The molecule has 0 aliphatic carbocycles. The first-order valence-electron chi connectivity index (χ1n) is 8.07. The fraction of sp³-hybridized carbons (Fsp3) is 0.294. The van der Waals surface area contributed by atoms with Gasteiger partial charge in [-0.2, -0.15) is 0 Å². The molecule has 0 saturated carbocycles. The Bertz CT molecular complexity index is 727. The van der Waals surface area contributed by atoms with Crippen LogP contribution in [0.15, 0.2) is 42.7 Å². The van der Waals surface area contributed by atoms with E-state index in [0.29, 0.717) is 37.7 Å². The number of aryl methyl sites for hydroxylation is 1. The second-order valence-corrected chi connectivity index (χ2v) is 5.77. The standard InChI is InChI=1S/C17H20N6O2/c1-13-3-5-14(6-4-13)15(24)20-21-17(25)23-11-9-22(10-12-23)16-18-7-2-8-19-16/h2-8H,9-12H2,1H3,(H,20,24)(H,21,25). The third-order valence-corrected chi connectivity index (χ3v) is 4.00. The molecule has 1 saturated heterocycles. The van der Waals surface area contributed by atoms with Crippen LogP contribution in [-0.4, -0.2) is 53.0 Å². The zero-order valence-corrected chi connectivity index (χ0v) is 14.0. The van der Waals surface area contributed by atoms with E-state index in [0.717, 1.165) is 5.56 Å². The largest absolute Gasteiger partial charge is 0.337 e. The molecule has 0 unspecified atom stereocenters. The van der Waals surface area contributed by atoms with Gasteiger partial charge in [0.25, 0.3) is 5.91 Å². The molecule has 3 amide bonds. The maximum Gasteiger partial charge on any atom is 0.336 e. The van der Waals surface area contributed by atoms with Gasteiger partial charge in [-0.25, -0.2) is 20.2 Å². The maximum atomic E-state index is 12.2. The van der Waals surface area contributed by atoms with Crippen LogP contribution >= 0.6 is 0 Å². The van der Waals surface area contributed by atoms with Crippen LogP contribution in [0.3, 0.4) is 0 Å². The number of aromatic nitrogens is 2. The van der Waals surface area contributed by atoms with E-state index >= 15 is 0 Å². The second kappa shape index (κ2) is 7.61. The van der Waals surface area contributed by atoms with E-state index in [1.165, 1.54) is 0 Å². The number of benzene rings is 1. The minimum atomic E-state index is -0.343. The van der Waals surface area contributed by atoms with Gasteiger partial charge < -0.3 is 9.80 Å². The Kier molecular flexibility index (Phi) is 5.08. The number of anilines is 1. The first kappa shape index (κ1) is 16.7. The van der Waals surface area contributed by atoms with Crippen LogP contribution in [-0.2, 0) is 0 Å². The number of piperazine rings is 1. The molecular weight excluding hydrogens is 320 g/mol. The number of hydrogen-bond donors (Lipinski definition) is 2. The summed E-state index contributed by atoms with van der Waals surface area (Å²) in [5.74, 6) is 0.319. The number of carbonyl (C=O) groups is 2. The van der Waals surface area contributed by atoms with Crippen molar-refractivity contribution in [2.75, 3.05) is 31.1 Å². The highest BCUT2D eigenvalue weighted by Gasteiger charge is 2.22. The lowest BCUT2D eigenvalue weighted by Gasteiger charge is -2.34. The Morgan fingerprint density at radius 2 is 1.60 bits per heavy atom. The van der Waals surface area contributed by atoms with Crippen LogP contribution in [0.1, 0.15) is 15.9 Å². The van der Waals surface area contributed by atoms with Gasteiger partial charge in [0.15, 0.2) is 0 Å². The summed E-state index contributed by atoms with van der Waals surface area (Å²) in [5, 5.41) is 0. The van der Waals surface area contributed by atoms with E-state index in [2.05, 4.69) is 20.8 Å².